The van der Waals surface area contributed by atoms with Gasteiger partial charge in [-0.1, -0.05) is 20.3 Å². The Labute approximate surface area is 129 Å². The van der Waals surface area contributed by atoms with Crippen molar-refractivity contribution in [3.63, 3.8) is 0 Å². The number of carbonyl (C=O) groups excluding carboxylic acids is 2. The quantitative estimate of drug-likeness (QED) is 0.914. The highest BCUT2D eigenvalue weighted by Gasteiger charge is 2.29. The summed E-state index contributed by atoms with van der Waals surface area (Å²) in [5.41, 5.74) is 6.74. The van der Waals surface area contributed by atoms with Crippen LogP contribution in [0.1, 0.15) is 30.6 Å². The van der Waals surface area contributed by atoms with Gasteiger partial charge in [0.15, 0.2) is 0 Å². The number of nitrogens with two attached hydrogens (primary N) is 1. The van der Waals surface area contributed by atoms with Crippen LogP contribution in [0.25, 0.3) is 0 Å². The van der Waals surface area contributed by atoms with E-state index in [2.05, 4.69) is 0 Å². The van der Waals surface area contributed by atoms with Crippen molar-refractivity contribution in [3.05, 3.63) is 22.4 Å². The molecular formula is C15H23N3O2S. The fraction of sp³-hybridized carbons (Fsp3) is 0.600. The highest BCUT2D eigenvalue weighted by atomic mass is 32.1. The lowest BCUT2D eigenvalue weighted by atomic mass is 9.98. The second kappa shape index (κ2) is 7.04. The first-order chi connectivity index (χ1) is 10.0. The molecule has 2 heterocycles. The van der Waals surface area contributed by atoms with Crippen LogP contribution >= 0.6 is 11.3 Å². The molecule has 2 atom stereocenters. The zero-order valence-corrected chi connectivity index (χ0v) is 13.4. The van der Waals surface area contributed by atoms with Gasteiger partial charge in [0, 0.05) is 31.6 Å². The third kappa shape index (κ3) is 3.63. The summed E-state index contributed by atoms with van der Waals surface area (Å²) < 4.78 is 0. The predicted octanol–water partition coefficient (Wildman–Crippen LogP) is 1.41. The van der Waals surface area contributed by atoms with Crippen LogP contribution in [0.15, 0.2) is 16.8 Å². The molecule has 1 aliphatic heterocycles. The van der Waals surface area contributed by atoms with Gasteiger partial charge >= 0.3 is 0 Å². The summed E-state index contributed by atoms with van der Waals surface area (Å²) in [6.07, 6.45) is 0.892. The van der Waals surface area contributed by atoms with Gasteiger partial charge < -0.3 is 15.5 Å². The van der Waals surface area contributed by atoms with E-state index < -0.39 is 6.04 Å². The Bertz CT molecular complexity index is 481. The zero-order valence-electron chi connectivity index (χ0n) is 12.6. The van der Waals surface area contributed by atoms with Crippen molar-refractivity contribution in [1.29, 1.82) is 0 Å². The fourth-order valence-electron chi connectivity index (χ4n) is 2.41. The van der Waals surface area contributed by atoms with Crippen molar-refractivity contribution >= 4 is 23.2 Å². The molecule has 2 N–H and O–H groups in total. The zero-order chi connectivity index (χ0) is 15.4. The maximum atomic E-state index is 12.3. The number of thiophene rings is 1. The molecule has 1 fully saturated rings. The summed E-state index contributed by atoms with van der Waals surface area (Å²) in [7, 11) is 0. The topological polar surface area (TPSA) is 66.6 Å². The van der Waals surface area contributed by atoms with Crippen LogP contribution in [0.2, 0.25) is 0 Å². The van der Waals surface area contributed by atoms with E-state index in [0.717, 1.165) is 12.0 Å². The SMILES string of the molecule is CCC(C)C(N)C(=O)N1CCN(C(=O)c2ccsc2)CC1. The van der Waals surface area contributed by atoms with Crippen molar-refractivity contribution < 1.29 is 9.59 Å². The standard InChI is InChI=1S/C15H23N3O2S/c1-3-11(2)13(16)15(20)18-7-5-17(6-8-18)14(19)12-4-9-21-10-12/h4,9-11,13H,3,5-8,16H2,1-2H3. The van der Waals surface area contributed by atoms with Crippen molar-refractivity contribution in [3.8, 4) is 0 Å². The van der Waals surface area contributed by atoms with Gasteiger partial charge in [0.05, 0.1) is 11.6 Å². The lowest BCUT2D eigenvalue weighted by molar-refractivity contribution is -0.135. The van der Waals surface area contributed by atoms with Gasteiger partial charge in [-0.2, -0.15) is 11.3 Å². The molecule has 0 aromatic carbocycles. The summed E-state index contributed by atoms with van der Waals surface area (Å²) in [5.74, 6) is 0.240. The van der Waals surface area contributed by atoms with Gasteiger partial charge in [-0.15, -0.1) is 0 Å². The molecule has 2 amide bonds. The van der Waals surface area contributed by atoms with Crippen LogP contribution in [0.3, 0.4) is 0 Å². The van der Waals surface area contributed by atoms with Crippen LogP contribution < -0.4 is 5.73 Å². The molecule has 6 heteroatoms. The number of carbonyl (C=O) groups is 2. The molecule has 0 spiro atoms. The summed E-state index contributed by atoms with van der Waals surface area (Å²) in [5, 5.41) is 3.76. The normalized spacial score (nSPS) is 18.4. The summed E-state index contributed by atoms with van der Waals surface area (Å²) in [6, 6.07) is 1.40. The molecule has 0 aliphatic carbocycles. The Balaban J connectivity index is 1.88. The molecule has 2 unspecified atom stereocenters. The fourth-order valence-corrected chi connectivity index (χ4v) is 3.04. The number of piperazine rings is 1. The molecule has 1 aliphatic rings. The van der Waals surface area contributed by atoms with Crippen LogP contribution in [0.4, 0.5) is 0 Å². The van der Waals surface area contributed by atoms with E-state index in [-0.39, 0.29) is 17.7 Å². The number of hydrogen-bond acceptors (Lipinski definition) is 4. The smallest absolute Gasteiger partial charge is 0.254 e. The minimum Gasteiger partial charge on any atom is -0.338 e. The van der Waals surface area contributed by atoms with Crippen LogP contribution in [0.5, 0.6) is 0 Å². The van der Waals surface area contributed by atoms with Gasteiger partial charge in [0.1, 0.15) is 0 Å². The highest BCUT2D eigenvalue weighted by Crippen LogP contribution is 2.14. The van der Waals surface area contributed by atoms with Crippen LogP contribution in [-0.2, 0) is 4.79 Å². The maximum Gasteiger partial charge on any atom is 0.254 e. The molecule has 1 saturated heterocycles. The van der Waals surface area contributed by atoms with Crippen LogP contribution in [0, 0.1) is 5.92 Å². The van der Waals surface area contributed by atoms with E-state index in [9.17, 15) is 9.59 Å². The number of hydrogen-bond donors (Lipinski definition) is 1. The Kier molecular flexibility index (Phi) is 5.36. The Morgan fingerprint density at radius 3 is 2.43 bits per heavy atom. The minimum absolute atomic E-state index is 0.00647. The monoisotopic (exact) mass is 309 g/mol. The molecule has 2 rings (SSSR count). The first-order valence-corrected chi connectivity index (χ1v) is 8.34. The minimum atomic E-state index is -0.436. The second-order valence-corrected chi connectivity index (χ2v) is 6.32. The lowest BCUT2D eigenvalue weighted by Crippen LogP contribution is -2.55. The molecule has 116 valence electrons. The summed E-state index contributed by atoms with van der Waals surface area (Å²) in [4.78, 5) is 28.1. The van der Waals surface area contributed by atoms with Gasteiger partial charge in [0.25, 0.3) is 5.91 Å². The van der Waals surface area contributed by atoms with Crippen molar-refractivity contribution in [1.82, 2.24) is 9.80 Å². The van der Waals surface area contributed by atoms with Gasteiger partial charge in [-0.25, -0.2) is 0 Å². The maximum absolute atomic E-state index is 12.3. The van der Waals surface area contributed by atoms with E-state index in [1.54, 1.807) is 9.80 Å². The number of rotatable bonds is 4. The molecule has 5 nitrogen and oxygen atoms in total. The second-order valence-electron chi connectivity index (χ2n) is 5.54. The van der Waals surface area contributed by atoms with Gasteiger partial charge in [-0.3, -0.25) is 9.59 Å². The molecule has 0 saturated carbocycles. The lowest BCUT2D eigenvalue weighted by Gasteiger charge is -2.36. The molecule has 1 aromatic heterocycles. The van der Waals surface area contributed by atoms with E-state index in [1.807, 2.05) is 30.7 Å². The number of nitrogens with zero attached hydrogens (tertiary/aromatic N) is 2. The van der Waals surface area contributed by atoms with Crippen molar-refractivity contribution in [2.75, 3.05) is 26.2 Å². The van der Waals surface area contributed by atoms with E-state index in [1.165, 1.54) is 11.3 Å². The van der Waals surface area contributed by atoms with E-state index in [0.29, 0.717) is 26.2 Å². The van der Waals surface area contributed by atoms with E-state index >= 15 is 0 Å². The molecule has 0 bridgehead atoms. The molecule has 0 radical (unpaired) electrons. The summed E-state index contributed by atoms with van der Waals surface area (Å²) >= 11 is 1.52. The van der Waals surface area contributed by atoms with Gasteiger partial charge in [0.2, 0.25) is 5.91 Å². The van der Waals surface area contributed by atoms with Crippen LogP contribution in [-0.4, -0.2) is 53.8 Å². The molecular weight excluding hydrogens is 286 g/mol. The third-order valence-corrected chi connectivity index (χ3v) is 4.87. The van der Waals surface area contributed by atoms with Crippen molar-refractivity contribution in [2.24, 2.45) is 11.7 Å². The molecule has 21 heavy (non-hydrogen) atoms. The third-order valence-electron chi connectivity index (χ3n) is 4.19. The Morgan fingerprint density at radius 2 is 1.90 bits per heavy atom. The molecule has 1 aromatic rings. The average Bonchev–Trinajstić information content (AvgIpc) is 3.06. The first-order valence-electron chi connectivity index (χ1n) is 7.40. The Hall–Kier alpha value is -1.40. The number of amides is 2. The first kappa shape index (κ1) is 16.0. The van der Waals surface area contributed by atoms with Gasteiger partial charge in [-0.05, 0) is 17.4 Å². The average molecular weight is 309 g/mol. The summed E-state index contributed by atoms with van der Waals surface area (Å²) in [6.45, 7) is 6.33. The predicted molar refractivity (Wildman–Crippen MR) is 84.2 cm³/mol. The Morgan fingerprint density at radius 1 is 1.29 bits per heavy atom. The van der Waals surface area contributed by atoms with Crippen molar-refractivity contribution in [2.45, 2.75) is 26.3 Å². The van der Waals surface area contributed by atoms with E-state index in [4.69, 9.17) is 5.73 Å². The largest absolute Gasteiger partial charge is 0.338 e. The highest BCUT2D eigenvalue weighted by molar-refractivity contribution is 7.08.